The maximum absolute atomic E-state index is 13.3. The first-order valence-electron chi connectivity index (χ1n) is 7.92. The summed E-state index contributed by atoms with van der Waals surface area (Å²) in [5.74, 6) is 0. The van der Waals surface area contributed by atoms with Gasteiger partial charge in [-0.2, -0.15) is 13.2 Å². The van der Waals surface area contributed by atoms with Gasteiger partial charge >= 0.3 is 13.8 Å². The molecule has 0 saturated heterocycles. The van der Waals surface area contributed by atoms with Crippen molar-refractivity contribution in [2.75, 3.05) is 13.2 Å². The van der Waals surface area contributed by atoms with E-state index in [2.05, 4.69) is 0 Å². The van der Waals surface area contributed by atoms with Crippen molar-refractivity contribution in [2.45, 2.75) is 26.2 Å². The van der Waals surface area contributed by atoms with Gasteiger partial charge in [-0.15, -0.1) is 0 Å². The third-order valence-electron chi connectivity index (χ3n) is 3.50. The van der Waals surface area contributed by atoms with Gasteiger partial charge in [-0.3, -0.25) is 4.57 Å². The number of halogens is 3. The smallest absolute Gasteiger partial charge is 0.309 e. The lowest BCUT2D eigenvalue weighted by molar-refractivity contribution is -0.137. The number of rotatable bonds is 7. The van der Waals surface area contributed by atoms with Gasteiger partial charge in [-0.25, -0.2) is 0 Å². The second-order valence-corrected chi connectivity index (χ2v) is 7.40. The van der Waals surface area contributed by atoms with Crippen LogP contribution in [0.1, 0.15) is 25.0 Å². The second-order valence-electron chi connectivity index (χ2n) is 5.35. The van der Waals surface area contributed by atoms with Crippen LogP contribution in [0.15, 0.2) is 48.5 Å². The molecule has 25 heavy (non-hydrogen) atoms. The first kappa shape index (κ1) is 19.7. The number of benzene rings is 2. The van der Waals surface area contributed by atoms with Crippen molar-refractivity contribution in [1.29, 1.82) is 0 Å². The number of hydrogen-bond donors (Lipinski definition) is 0. The van der Waals surface area contributed by atoms with E-state index in [0.717, 1.165) is 6.07 Å². The Hall–Kier alpha value is -1.62. The summed E-state index contributed by atoms with van der Waals surface area (Å²) in [6.45, 7) is 3.77. The van der Waals surface area contributed by atoms with E-state index < -0.39 is 19.3 Å². The first-order valence-corrected chi connectivity index (χ1v) is 9.65. The molecule has 3 nitrogen and oxygen atoms in total. The summed E-state index contributed by atoms with van der Waals surface area (Å²) in [7, 11) is -3.39. The normalized spacial score (nSPS) is 12.4. The Morgan fingerprint density at radius 1 is 0.960 bits per heavy atom. The molecule has 7 heteroatoms. The van der Waals surface area contributed by atoms with Gasteiger partial charge in [0.1, 0.15) is 0 Å². The average Bonchev–Trinajstić information content (AvgIpc) is 2.55. The maximum Gasteiger partial charge on any atom is 0.417 e. The van der Waals surface area contributed by atoms with Crippen molar-refractivity contribution in [3.63, 3.8) is 0 Å². The SMILES string of the molecule is CCOP(=O)(Cc1ccc(C(F)(F)F)c(-c2ccccc2)c1)OCC. The van der Waals surface area contributed by atoms with Gasteiger partial charge in [-0.1, -0.05) is 36.4 Å². The van der Waals surface area contributed by atoms with E-state index in [0.29, 0.717) is 11.1 Å². The van der Waals surface area contributed by atoms with Gasteiger partial charge in [0.05, 0.1) is 24.9 Å². The first-order chi connectivity index (χ1) is 11.8. The highest BCUT2D eigenvalue weighted by Crippen LogP contribution is 2.52. The summed E-state index contributed by atoms with van der Waals surface area (Å²) in [6.07, 6.45) is -4.56. The third-order valence-corrected chi connectivity index (χ3v) is 5.56. The molecular weight excluding hydrogens is 352 g/mol. The van der Waals surface area contributed by atoms with Crippen LogP contribution in [0, 0.1) is 0 Å². The van der Waals surface area contributed by atoms with E-state index in [-0.39, 0.29) is 24.9 Å². The Labute approximate surface area is 145 Å². The van der Waals surface area contributed by atoms with Crippen molar-refractivity contribution in [2.24, 2.45) is 0 Å². The molecule has 0 N–H and O–H groups in total. The summed E-state index contributed by atoms with van der Waals surface area (Å²) in [5, 5.41) is 0. The minimum Gasteiger partial charge on any atom is -0.309 e. The molecule has 0 unspecified atom stereocenters. The molecule has 0 amide bonds. The fourth-order valence-corrected chi connectivity index (χ4v) is 4.23. The molecule has 2 aromatic carbocycles. The van der Waals surface area contributed by atoms with Gasteiger partial charge in [0.15, 0.2) is 0 Å². The topological polar surface area (TPSA) is 35.5 Å². The van der Waals surface area contributed by atoms with Crippen LogP contribution >= 0.6 is 7.60 Å². The highest BCUT2D eigenvalue weighted by atomic mass is 31.2. The minimum absolute atomic E-state index is 0.0464. The lowest BCUT2D eigenvalue weighted by atomic mass is 9.97. The number of alkyl halides is 3. The van der Waals surface area contributed by atoms with Crippen LogP contribution < -0.4 is 0 Å². The summed E-state index contributed by atoms with van der Waals surface area (Å²) in [6, 6.07) is 12.0. The molecule has 0 heterocycles. The second kappa shape index (κ2) is 8.17. The van der Waals surface area contributed by atoms with Gasteiger partial charge in [0.25, 0.3) is 0 Å². The maximum atomic E-state index is 13.3. The van der Waals surface area contributed by atoms with E-state index >= 15 is 0 Å². The molecule has 0 aliphatic carbocycles. The Morgan fingerprint density at radius 3 is 2.08 bits per heavy atom. The van der Waals surface area contributed by atoms with Gasteiger partial charge < -0.3 is 9.05 Å². The van der Waals surface area contributed by atoms with Crippen LogP contribution in [-0.4, -0.2) is 13.2 Å². The van der Waals surface area contributed by atoms with E-state index in [4.69, 9.17) is 9.05 Å². The number of hydrogen-bond acceptors (Lipinski definition) is 3. The van der Waals surface area contributed by atoms with Crippen LogP contribution in [0.4, 0.5) is 13.2 Å². The molecular formula is C18H20F3O3P. The molecule has 0 bridgehead atoms. The van der Waals surface area contributed by atoms with Crippen LogP contribution in [0.25, 0.3) is 11.1 Å². The highest BCUT2D eigenvalue weighted by molar-refractivity contribution is 7.53. The molecule has 2 rings (SSSR count). The van der Waals surface area contributed by atoms with Crippen molar-refractivity contribution >= 4 is 7.60 Å². The fourth-order valence-electron chi connectivity index (χ4n) is 2.54. The summed E-state index contributed by atoms with van der Waals surface area (Å²) in [4.78, 5) is 0. The van der Waals surface area contributed by atoms with Crippen molar-refractivity contribution in [3.8, 4) is 11.1 Å². The molecule has 0 aromatic heterocycles. The van der Waals surface area contributed by atoms with E-state index in [9.17, 15) is 17.7 Å². The molecule has 0 aliphatic rings. The lowest BCUT2D eigenvalue weighted by Gasteiger charge is -2.19. The zero-order valence-corrected chi connectivity index (χ0v) is 14.9. The van der Waals surface area contributed by atoms with E-state index in [1.807, 2.05) is 0 Å². The van der Waals surface area contributed by atoms with Crippen LogP contribution in [0.3, 0.4) is 0 Å². The lowest BCUT2D eigenvalue weighted by Crippen LogP contribution is -2.08. The minimum atomic E-state index is -4.48. The molecule has 0 aliphatic heterocycles. The monoisotopic (exact) mass is 372 g/mol. The Kier molecular flexibility index (Phi) is 6.44. The van der Waals surface area contributed by atoms with E-state index in [1.165, 1.54) is 12.1 Å². The van der Waals surface area contributed by atoms with Gasteiger partial charge in [-0.05, 0) is 42.7 Å². The van der Waals surface area contributed by atoms with Gasteiger partial charge in [0.2, 0.25) is 0 Å². The zero-order valence-electron chi connectivity index (χ0n) is 14.0. The largest absolute Gasteiger partial charge is 0.417 e. The predicted octanol–water partition coefficient (Wildman–Crippen LogP) is 6.14. The van der Waals surface area contributed by atoms with Crippen molar-refractivity contribution in [3.05, 3.63) is 59.7 Å². The summed E-state index contributed by atoms with van der Waals surface area (Å²) >= 11 is 0. The zero-order chi connectivity index (χ0) is 18.5. The summed E-state index contributed by atoms with van der Waals surface area (Å²) in [5.41, 5.74) is 0.228. The standard InChI is InChI=1S/C18H20F3O3P/c1-3-23-25(22,24-4-2)13-14-10-11-17(18(19,20)21)16(12-14)15-8-6-5-7-9-15/h5-12H,3-4,13H2,1-2H3. The van der Waals surface area contributed by atoms with E-state index in [1.54, 1.807) is 44.2 Å². The quantitative estimate of drug-likeness (QED) is 0.548. The molecule has 0 fully saturated rings. The molecule has 0 saturated carbocycles. The molecule has 2 aromatic rings. The Balaban J connectivity index is 2.47. The average molecular weight is 372 g/mol. The Morgan fingerprint density at radius 2 is 1.56 bits per heavy atom. The van der Waals surface area contributed by atoms with Gasteiger partial charge in [0, 0.05) is 0 Å². The van der Waals surface area contributed by atoms with Crippen LogP contribution in [0.5, 0.6) is 0 Å². The molecule has 136 valence electrons. The fraction of sp³-hybridized carbons (Fsp3) is 0.333. The molecule has 0 radical (unpaired) electrons. The van der Waals surface area contributed by atoms with Crippen LogP contribution in [-0.2, 0) is 26.0 Å². The molecule has 0 spiro atoms. The predicted molar refractivity (Wildman–Crippen MR) is 91.4 cm³/mol. The third kappa shape index (κ3) is 5.18. The van der Waals surface area contributed by atoms with Crippen molar-refractivity contribution < 1.29 is 26.8 Å². The molecule has 0 atom stereocenters. The highest BCUT2D eigenvalue weighted by Gasteiger charge is 2.34. The Bertz CT molecular complexity index is 735. The van der Waals surface area contributed by atoms with Crippen LogP contribution in [0.2, 0.25) is 0 Å². The summed E-state index contributed by atoms with van der Waals surface area (Å²) < 4.78 is 63.1. The van der Waals surface area contributed by atoms with Crippen molar-refractivity contribution in [1.82, 2.24) is 0 Å².